The lowest BCUT2D eigenvalue weighted by atomic mass is 10.3. The van der Waals surface area contributed by atoms with Crippen molar-refractivity contribution in [2.24, 2.45) is 0 Å². The lowest BCUT2D eigenvalue weighted by molar-refractivity contribution is 0.0690. The van der Waals surface area contributed by atoms with E-state index in [0.717, 1.165) is 5.69 Å². The summed E-state index contributed by atoms with van der Waals surface area (Å²) in [6.07, 6.45) is 1.30. The van der Waals surface area contributed by atoms with Gasteiger partial charge in [-0.1, -0.05) is 11.3 Å². The number of carboxylic acids is 1. The Morgan fingerprint density at radius 1 is 1.35 bits per heavy atom. The maximum atomic E-state index is 11.8. The second kappa shape index (κ2) is 5.91. The Hall–Kier alpha value is -2.77. The summed E-state index contributed by atoms with van der Waals surface area (Å²) >= 11 is 0. The van der Waals surface area contributed by atoms with Gasteiger partial charge in [0.15, 0.2) is 5.69 Å². The van der Waals surface area contributed by atoms with Crippen LogP contribution in [0.3, 0.4) is 0 Å². The van der Waals surface area contributed by atoms with Gasteiger partial charge >= 0.3 is 5.97 Å². The lowest BCUT2D eigenvalue weighted by Gasteiger charge is -2.04. The zero-order valence-electron chi connectivity index (χ0n) is 10.8. The average molecular weight is 275 g/mol. The smallest absolute Gasteiger partial charge is 0.358 e. The first-order chi connectivity index (χ1) is 9.56. The molecule has 2 heterocycles. The van der Waals surface area contributed by atoms with Crippen LogP contribution in [0.2, 0.25) is 0 Å². The van der Waals surface area contributed by atoms with Gasteiger partial charge in [0.25, 0.3) is 5.91 Å². The number of carbonyl (C=O) groups is 2. The summed E-state index contributed by atoms with van der Waals surface area (Å²) < 4.78 is 1.35. The Morgan fingerprint density at radius 3 is 2.80 bits per heavy atom. The Kier molecular flexibility index (Phi) is 4.04. The number of carbonyl (C=O) groups excluding carboxylic acids is 1. The quantitative estimate of drug-likeness (QED) is 0.801. The lowest BCUT2D eigenvalue weighted by Crippen LogP contribution is -2.28. The zero-order chi connectivity index (χ0) is 14.5. The van der Waals surface area contributed by atoms with Crippen molar-refractivity contribution in [2.75, 3.05) is 6.54 Å². The maximum Gasteiger partial charge on any atom is 0.358 e. The van der Waals surface area contributed by atoms with Crippen LogP contribution in [-0.4, -0.2) is 43.5 Å². The molecule has 2 N–H and O–H groups in total. The normalized spacial score (nSPS) is 10.2. The molecule has 0 aliphatic rings. The maximum absolute atomic E-state index is 11.8. The molecule has 8 nitrogen and oxygen atoms in total. The number of amides is 1. The van der Waals surface area contributed by atoms with Crippen LogP contribution in [0.25, 0.3) is 0 Å². The molecule has 0 unspecified atom stereocenters. The molecule has 2 aromatic rings. The topological polar surface area (TPSA) is 110 Å². The third-order valence-corrected chi connectivity index (χ3v) is 2.51. The third kappa shape index (κ3) is 3.37. The van der Waals surface area contributed by atoms with Gasteiger partial charge in [0.05, 0.1) is 12.7 Å². The molecule has 0 aromatic carbocycles. The van der Waals surface area contributed by atoms with Crippen LogP contribution in [0.15, 0.2) is 24.4 Å². The van der Waals surface area contributed by atoms with Crippen molar-refractivity contribution in [3.05, 3.63) is 41.5 Å². The highest BCUT2D eigenvalue weighted by molar-refractivity contribution is 5.92. The van der Waals surface area contributed by atoms with E-state index in [1.807, 2.05) is 0 Å². The van der Waals surface area contributed by atoms with Gasteiger partial charge in [-0.25, -0.2) is 14.5 Å². The van der Waals surface area contributed by atoms with E-state index in [2.05, 4.69) is 20.6 Å². The number of hydrogen-bond donors (Lipinski definition) is 2. The molecule has 104 valence electrons. The van der Waals surface area contributed by atoms with E-state index in [0.29, 0.717) is 18.8 Å². The fourth-order valence-electron chi connectivity index (χ4n) is 1.55. The van der Waals surface area contributed by atoms with Crippen LogP contribution in [0, 0.1) is 6.92 Å². The summed E-state index contributed by atoms with van der Waals surface area (Å²) in [6, 6.07) is 5.19. The predicted molar refractivity (Wildman–Crippen MR) is 68.3 cm³/mol. The standard InChI is InChI=1S/C12H13N5O3/c1-8-3-2-4-9(14-8)11(18)13-5-6-17-7-10(12(19)20)15-16-17/h2-4,7H,5-6H2,1H3,(H,13,18)(H,19,20). The summed E-state index contributed by atoms with van der Waals surface area (Å²) in [7, 11) is 0. The Bertz CT molecular complexity index is 638. The highest BCUT2D eigenvalue weighted by Gasteiger charge is 2.09. The van der Waals surface area contributed by atoms with Crippen LogP contribution in [0.5, 0.6) is 0 Å². The van der Waals surface area contributed by atoms with Crippen molar-refractivity contribution in [1.29, 1.82) is 0 Å². The first kappa shape index (κ1) is 13.7. The van der Waals surface area contributed by atoms with Gasteiger partial charge in [0.2, 0.25) is 0 Å². The van der Waals surface area contributed by atoms with Crippen LogP contribution in [-0.2, 0) is 6.54 Å². The van der Waals surface area contributed by atoms with Crippen LogP contribution < -0.4 is 5.32 Å². The summed E-state index contributed by atoms with van der Waals surface area (Å²) in [5.41, 5.74) is 0.978. The molecular weight excluding hydrogens is 262 g/mol. The van der Waals surface area contributed by atoms with Crippen LogP contribution in [0.1, 0.15) is 26.7 Å². The fraction of sp³-hybridized carbons (Fsp3) is 0.250. The molecule has 20 heavy (non-hydrogen) atoms. The Balaban J connectivity index is 1.86. The van der Waals surface area contributed by atoms with E-state index < -0.39 is 5.97 Å². The first-order valence-electron chi connectivity index (χ1n) is 5.91. The summed E-state index contributed by atoms with van der Waals surface area (Å²) in [4.78, 5) is 26.5. The number of aryl methyl sites for hydroxylation is 1. The van der Waals surface area contributed by atoms with E-state index in [-0.39, 0.29) is 11.6 Å². The molecule has 0 atom stereocenters. The van der Waals surface area contributed by atoms with Gasteiger partial charge in [-0.3, -0.25) is 4.79 Å². The van der Waals surface area contributed by atoms with Gasteiger partial charge in [0.1, 0.15) is 5.69 Å². The van der Waals surface area contributed by atoms with Gasteiger partial charge < -0.3 is 10.4 Å². The van der Waals surface area contributed by atoms with E-state index >= 15 is 0 Å². The number of pyridine rings is 1. The van der Waals surface area contributed by atoms with E-state index in [1.54, 1.807) is 25.1 Å². The molecule has 0 bridgehead atoms. The average Bonchev–Trinajstić information content (AvgIpc) is 2.87. The SMILES string of the molecule is Cc1cccc(C(=O)NCCn2cc(C(=O)O)nn2)n1. The molecule has 0 aliphatic carbocycles. The second-order valence-corrected chi connectivity index (χ2v) is 4.09. The predicted octanol–water partition coefficient (Wildman–Crippen LogP) is 0.110. The van der Waals surface area contributed by atoms with E-state index in [9.17, 15) is 9.59 Å². The van der Waals surface area contributed by atoms with Gasteiger partial charge in [-0.2, -0.15) is 0 Å². The molecular formula is C12H13N5O3. The molecule has 0 fully saturated rings. The van der Waals surface area contributed by atoms with Gasteiger partial charge in [-0.15, -0.1) is 5.10 Å². The Labute approximate surface area is 114 Å². The minimum Gasteiger partial charge on any atom is -0.476 e. The summed E-state index contributed by atoms with van der Waals surface area (Å²) in [6.45, 7) is 2.44. The minimum absolute atomic E-state index is 0.128. The molecule has 0 radical (unpaired) electrons. The number of carboxylic acid groups (broad SMARTS) is 1. The molecule has 8 heteroatoms. The van der Waals surface area contributed by atoms with Crippen molar-refractivity contribution in [1.82, 2.24) is 25.3 Å². The number of aromatic carboxylic acids is 1. The highest BCUT2D eigenvalue weighted by atomic mass is 16.4. The van der Waals surface area contributed by atoms with E-state index in [1.165, 1.54) is 10.9 Å². The second-order valence-electron chi connectivity index (χ2n) is 4.09. The van der Waals surface area contributed by atoms with Crippen molar-refractivity contribution >= 4 is 11.9 Å². The summed E-state index contributed by atoms with van der Waals surface area (Å²) in [5.74, 6) is -1.42. The highest BCUT2D eigenvalue weighted by Crippen LogP contribution is 1.98. The van der Waals surface area contributed by atoms with Crippen molar-refractivity contribution < 1.29 is 14.7 Å². The number of hydrogen-bond acceptors (Lipinski definition) is 5. The molecule has 1 amide bonds. The molecule has 0 spiro atoms. The van der Waals surface area contributed by atoms with Crippen molar-refractivity contribution in [2.45, 2.75) is 13.5 Å². The Morgan fingerprint density at radius 2 is 2.15 bits per heavy atom. The molecule has 0 saturated carbocycles. The van der Waals surface area contributed by atoms with E-state index in [4.69, 9.17) is 5.11 Å². The van der Waals surface area contributed by atoms with Crippen LogP contribution >= 0.6 is 0 Å². The number of rotatable bonds is 5. The fourth-order valence-corrected chi connectivity index (χ4v) is 1.55. The van der Waals surface area contributed by atoms with Gasteiger partial charge in [-0.05, 0) is 19.1 Å². The number of nitrogens with zero attached hydrogens (tertiary/aromatic N) is 4. The first-order valence-corrected chi connectivity index (χ1v) is 5.91. The molecule has 0 aliphatic heterocycles. The van der Waals surface area contributed by atoms with Crippen LogP contribution in [0.4, 0.5) is 0 Å². The van der Waals surface area contributed by atoms with Crippen molar-refractivity contribution in [3.63, 3.8) is 0 Å². The van der Waals surface area contributed by atoms with Gasteiger partial charge in [0, 0.05) is 12.2 Å². The third-order valence-electron chi connectivity index (χ3n) is 2.51. The number of nitrogens with one attached hydrogen (secondary N) is 1. The summed E-state index contributed by atoms with van der Waals surface area (Å²) in [5, 5.41) is 18.5. The van der Waals surface area contributed by atoms with Crippen molar-refractivity contribution in [3.8, 4) is 0 Å². The largest absolute Gasteiger partial charge is 0.476 e. The number of aromatic nitrogens is 4. The zero-order valence-corrected chi connectivity index (χ0v) is 10.8. The minimum atomic E-state index is -1.13. The molecule has 0 saturated heterocycles. The molecule has 2 rings (SSSR count). The molecule has 2 aromatic heterocycles. The monoisotopic (exact) mass is 275 g/mol.